The number of aliphatic carboxylic acids is 1. The van der Waals surface area contributed by atoms with Gasteiger partial charge in [0.2, 0.25) is 0 Å². The molecule has 168 valence electrons. The number of carbonyl (C=O) groups is 1. The van der Waals surface area contributed by atoms with E-state index >= 15 is 0 Å². The lowest BCUT2D eigenvalue weighted by molar-refractivity contribution is -0.137. The number of hydrogen-bond acceptors (Lipinski definition) is 3. The Morgan fingerprint density at radius 2 is 1.21 bits per heavy atom. The predicted octanol–water partition coefficient (Wildman–Crippen LogP) is 6.78. The molecule has 1 unspecified atom stereocenters. The molecule has 4 nitrogen and oxygen atoms in total. The first-order valence-corrected chi connectivity index (χ1v) is 11.8. The minimum atomic E-state index is -0.664. The fourth-order valence-corrected chi connectivity index (χ4v) is 3.10. The fraction of sp³-hybridized carbons (Fsp3) is 0.875. The van der Waals surface area contributed by atoms with Crippen molar-refractivity contribution in [2.24, 2.45) is 0 Å². The smallest absolute Gasteiger partial charge is 0.303 e. The maximum absolute atomic E-state index is 10.3. The van der Waals surface area contributed by atoms with Crippen LogP contribution < -0.4 is 0 Å². The molecule has 0 heterocycles. The molecule has 0 spiro atoms. The molecule has 0 aliphatic heterocycles. The molecule has 0 aliphatic rings. The Bertz CT molecular complexity index is 339. The van der Waals surface area contributed by atoms with Crippen LogP contribution in [0.2, 0.25) is 0 Å². The van der Waals surface area contributed by atoms with E-state index in [2.05, 4.69) is 19.1 Å². The van der Waals surface area contributed by atoms with Gasteiger partial charge in [0, 0.05) is 6.42 Å². The number of carboxylic acid groups (broad SMARTS) is 1. The van der Waals surface area contributed by atoms with Crippen molar-refractivity contribution in [2.45, 2.75) is 124 Å². The Morgan fingerprint density at radius 1 is 0.786 bits per heavy atom. The summed E-state index contributed by atoms with van der Waals surface area (Å²) in [6.45, 7) is 9.97. The lowest BCUT2D eigenvalue weighted by Gasteiger charge is -2.20. The standard InChI is InChI=1S/C18H34O2.C6H15NO/c1-2-3-4-5-6-7-8-9-10-11-12-13-14-15-16-17-18(19)20;1-4-7(5-2)6(3)8/h9-10H,2-8,11-17H2,1H3,(H,19,20);6,8H,4-5H2,1-3H3/b10-9-;. The lowest BCUT2D eigenvalue weighted by Crippen LogP contribution is -2.32. The molecule has 0 saturated carbocycles. The van der Waals surface area contributed by atoms with Crippen LogP contribution in [0.25, 0.3) is 0 Å². The first kappa shape index (κ1) is 29.3. The molecule has 4 heteroatoms. The van der Waals surface area contributed by atoms with Gasteiger partial charge in [-0.05, 0) is 52.1 Å². The number of aliphatic hydroxyl groups excluding tert-OH is 1. The molecule has 28 heavy (non-hydrogen) atoms. The topological polar surface area (TPSA) is 60.8 Å². The van der Waals surface area contributed by atoms with Crippen LogP contribution in [-0.2, 0) is 4.79 Å². The second kappa shape index (κ2) is 24.2. The van der Waals surface area contributed by atoms with Gasteiger partial charge in [-0.25, -0.2) is 0 Å². The number of allylic oxidation sites excluding steroid dienone is 2. The van der Waals surface area contributed by atoms with E-state index in [0.29, 0.717) is 6.42 Å². The molecule has 0 aromatic rings. The average molecular weight is 400 g/mol. The molecular weight excluding hydrogens is 350 g/mol. The Balaban J connectivity index is 0. The minimum Gasteiger partial charge on any atom is -0.481 e. The van der Waals surface area contributed by atoms with Crippen molar-refractivity contribution in [1.29, 1.82) is 0 Å². The molecule has 1 atom stereocenters. The molecule has 0 amide bonds. The van der Waals surface area contributed by atoms with Crippen molar-refractivity contribution in [3.8, 4) is 0 Å². The van der Waals surface area contributed by atoms with E-state index < -0.39 is 5.97 Å². The number of rotatable bonds is 18. The van der Waals surface area contributed by atoms with Gasteiger partial charge >= 0.3 is 5.97 Å². The van der Waals surface area contributed by atoms with E-state index in [9.17, 15) is 4.79 Å². The summed E-state index contributed by atoms with van der Waals surface area (Å²) in [5.41, 5.74) is 0. The summed E-state index contributed by atoms with van der Waals surface area (Å²) in [6, 6.07) is 0. The van der Waals surface area contributed by atoms with Gasteiger partial charge in [-0.2, -0.15) is 0 Å². The first-order valence-electron chi connectivity index (χ1n) is 11.8. The Labute approximate surface area is 175 Å². The summed E-state index contributed by atoms with van der Waals surface area (Å²) in [4.78, 5) is 12.3. The summed E-state index contributed by atoms with van der Waals surface area (Å²) in [5, 5.41) is 17.4. The second-order valence-electron chi connectivity index (χ2n) is 7.58. The number of aliphatic hydroxyl groups is 1. The molecule has 0 aliphatic carbocycles. The summed E-state index contributed by atoms with van der Waals surface area (Å²) in [5.74, 6) is -0.664. The van der Waals surface area contributed by atoms with Gasteiger partial charge in [0.25, 0.3) is 0 Å². The Kier molecular flexibility index (Phi) is 25.3. The van der Waals surface area contributed by atoms with Crippen LogP contribution in [-0.4, -0.2) is 40.4 Å². The highest BCUT2D eigenvalue weighted by molar-refractivity contribution is 5.66. The summed E-state index contributed by atoms with van der Waals surface area (Å²) < 4.78 is 0. The molecule has 0 aromatic heterocycles. The molecule has 0 radical (unpaired) electrons. The predicted molar refractivity (Wildman–Crippen MR) is 122 cm³/mol. The SMILES string of the molecule is CCCCCCCC/C=C\CCCCCCCC(=O)O.CCN(CC)C(C)O. The van der Waals surface area contributed by atoms with Crippen LogP contribution in [0.15, 0.2) is 12.2 Å². The van der Waals surface area contributed by atoms with E-state index in [1.165, 1.54) is 70.6 Å². The third-order valence-electron chi connectivity index (χ3n) is 4.99. The van der Waals surface area contributed by atoms with Crippen molar-refractivity contribution in [2.75, 3.05) is 13.1 Å². The van der Waals surface area contributed by atoms with Crippen molar-refractivity contribution in [3.05, 3.63) is 12.2 Å². The lowest BCUT2D eigenvalue weighted by atomic mass is 10.1. The maximum Gasteiger partial charge on any atom is 0.303 e. The van der Waals surface area contributed by atoms with Crippen LogP contribution in [0, 0.1) is 0 Å². The third kappa shape index (κ3) is 25.1. The molecule has 0 bridgehead atoms. The number of unbranched alkanes of at least 4 members (excludes halogenated alkanes) is 11. The summed E-state index contributed by atoms with van der Waals surface area (Å²) in [7, 11) is 0. The monoisotopic (exact) mass is 399 g/mol. The van der Waals surface area contributed by atoms with E-state index in [1.807, 2.05) is 18.7 Å². The van der Waals surface area contributed by atoms with Crippen molar-refractivity contribution >= 4 is 5.97 Å². The van der Waals surface area contributed by atoms with Crippen LogP contribution in [0.5, 0.6) is 0 Å². The van der Waals surface area contributed by atoms with Gasteiger partial charge in [0.1, 0.15) is 6.23 Å². The van der Waals surface area contributed by atoms with Crippen LogP contribution in [0.4, 0.5) is 0 Å². The van der Waals surface area contributed by atoms with Gasteiger partial charge in [-0.1, -0.05) is 84.3 Å². The van der Waals surface area contributed by atoms with Gasteiger partial charge in [0.05, 0.1) is 0 Å². The molecule has 0 rings (SSSR count). The van der Waals surface area contributed by atoms with Crippen molar-refractivity contribution in [3.63, 3.8) is 0 Å². The minimum absolute atomic E-state index is 0.287. The van der Waals surface area contributed by atoms with Crippen molar-refractivity contribution in [1.82, 2.24) is 4.90 Å². The molecule has 2 N–H and O–H groups in total. The highest BCUT2D eigenvalue weighted by atomic mass is 16.4. The van der Waals surface area contributed by atoms with Crippen molar-refractivity contribution < 1.29 is 15.0 Å². The zero-order valence-electron chi connectivity index (χ0n) is 19.3. The number of hydrogen-bond donors (Lipinski definition) is 2. The van der Waals surface area contributed by atoms with Gasteiger partial charge in [-0.3, -0.25) is 9.69 Å². The summed E-state index contributed by atoms with van der Waals surface area (Å²) >= 11 is 0. The Hall–Kier alpha value is -0.870. The molecule has 0 fully saturated rings. The molecule has 0 saturated heterocycles. The maximum atomic E-state index is 10.3. The van der Waals surface area contributed by atoms with Crippen LogP contribution >= 0.6 is 0 Å². The number of carboxylic acids is 1. The van der Waals surface area contributed by atoms with Crippen LogP contribution in [0.1, 0.15) is 118 Å². The van der Waals surface area contributed by atoms with Crippen LogP contribution in [0.3, 0.4) is 0 Å². The van der Waals surface area contributed by atoms with E-state index in [4.69, 9.17) is 10.2 Å². The third-order valence-corrected chi connectivity index (χ3v) is 4.99. The molecule has 0 aromatic carbocycles. The fourth-order valence-electron chi connectivity index (χ4n) is 3.10. The average Bonchev–Trinajstić information content (AvgIpc) is 2.66. The normalized spacial score (nSPS) is 12.2. The van der Waals surface area contributed by atoms with Gasteiger partial charge < -0.3 is 10.2 Å². The second-order valence-corrected chi connectivity index (χ2v) is 7.58. The quantitative estimate of drug-likeness (QED) is 0.152. The van der Waals surface area contributed by atoms with E-state index in [0.717, 1.165) is 25.9 Å². The number of nitrogens with zero attached hydrogens (tertiary/aromatic N) is 1. The van der Waals surface area contributed by atoms with E-state index in [1.54, 1.807) is 6.92 Å². The Morgan fingerprint density at radius 3 is 1.57 bits per heavy atom. The largest absolute Gasteiger partial charge is 0.481 e. The zero-order valence-corrected chi connectivity index (χ0v) is 19.3. The zero-order chi connectivity index (χ0) is 21.5. The first-order chi connectivity index (χ1) is 13.5. The highest BCUT2D eigenvalue weighted by Gasteiger charge is 2.02. The van der Waals surface area contributed by atoms with E-state index in [-0.39, 0.29) is 6.23 Å². The van der Waals surface area contributed by atoms with Gasteiger partial charge in [-0.15, -0.1) is 0 Å². The molecular formula is C24H49NO3. The summed E-state index contributed by atoms with van der Waals surface area (Å²) in [6.07, 6.45) is 21.0. The van der Waals surface area contributed by atoms with Gasteiger partial charge in [0.15, 0.2) is 0 Å². The highest BCUT2D eigenvalue weighted by Crippen LogP contribution is 2.09.